The third kappa shape index (κ3) is 2.92. The Balaban J connectivity index is 1.93. The monoisotopic (exact) mass is 219 g/mol. The number of rotatable bonds is 3. The number of hydrogen-bond donors (Lipinski definition) is 1. The summed E-state index contributed by atoms with van der Waals surface area (Å²) in [5, 5.41) is 3.49. The number of benzene rings is 1. The summed E-state index contributed by atoms with van der Waals surface area (Å²) < 4.78 is 13.1. The summed E-state index contributed by atoms with van der Waals surface area (Å²) in [6.07, 6.45) is 7.88. The molecule has 0 aromatic heterocycles. The van der Waals surface area contributed by atoms with Crippen LogP contribution in [0.3, 0.4) is 0 Å². The Kier molecular flexibility index (Phi) is 3.73. The molecule has 86 valence electrons. The normalized spacial score (nSPS) is 20.0. The lowest BCUT2D eigenvalue weighted by atomic mass is 10.0. The Morgan fingerprint density at radius 2 is 2.25 bits per heavy atom. The third-order valence-corrected chi connectivity index (χ3v) is 3.16. The molecule has 0 heterocycles. The van der Waals surface area contributed by atoms with Gasteiger partial charge in [0.1, 0.15) is 5.82 Å². The average molecular weight is 219 g/mol. The number of nitrogens with one attached hydrogen (secondary N) is 1. The van der Waals surface area contributed by atoms with Gasteiger partial charge in [-0.2, -0.15) is 0 Å². The van der Waals surface area contributed by atoms with Crippen LogP contribution >= 0.6 is 0 Å². The van der Waals surface area contributed by atoms with Crippen LogP contribution in [0.4, 0.5) is 4.39 Å². The molecule has 1 aliphatic carbocycles. The van der Waals surface area contributed by atoms with Crippen LogP contribution in [0.2, 0.25) is 0 Å². The van der Waals surface area contributed by atoms with Gasteiger partial charge in [0.05, 0.1) is 0 Å². The second-order valence-electron chi connectivity index (χ2n) is 4.43. The fourth-order valence-electron chi connectivity index (χ4n) is 2.06. The van der Waals surface area contributed by atoms with E-state index in [1.54, 1.807) is 6.07 Å². The largest absolute Gasteiger partial charge is 0.310 e. The molecular weight excluding hydrogens is 201 g/mol. The summed E-state index contributed by atoms with van der Waals surface area (Å²) in [6.45, 7) is 2.79. The van der Waals surface area contributed by atoms with Crippen molar-refractivity contribution in [1.82, 2.24) is 5.32 Å². The molecule has 1 atom stereocenters. The maximum atomic E-state index is 13.1. The SMILES string of the molecule is Cc1ccc(F)cc1CNC1CC=CCC1. The summed E-state index contributed by atoms with van der Waals surface area (Å²) in [5.41, 5.74) is 2.22. The van der Waals surface area contributed by atoms with Crippen molar-refractivity contribution in [2.45, 2.75) is 38.8 Å². The number of allylic oxidation sites excluding steroid dienone is 1. The predicted octanol–water partition coefficient (Wildman–Crippen LogP) is 3.33. The minimum atomic E-state index is -0.147. The van der Waals surface area contributed by atoms with E-state index >= 15 is 0 Å². The Hall–Kier alpha value is -1.15. The number of hydrogen-bond acceptors (Lipinski definition) is 1. The molecule has 16 heavy (non-hydrogen) atoms. The molecule has 0 radical (unpaired) electrons. The van der Waals surface area contributed by atoms with Crippen molar-refractivity contribution in [2.24, 2.45) is 0 Å². The molecule has 2 heteroatoms. The number of aryl methyl sites for hydroxylation is 1. The first-order valence-corrected chi connectivity index (χ1v) is 5.89. The van der Waals surface area contributed by atoms with Crippen molar-refractivity contribution in [1.29, 1.82) is 0 Å². The van der Waals surface area contributed by atoms with Gasteiger partial charge in [0.2, 0.25) is 0 Å². The van der Waals surface area contributed by atoms with E-state index in [0.717, 1.165) is 30.5 Å². The zero-order chi connectivity index (χ0) is 11.4. The van der Waals surface area contributed by atoms with Crippen molar-refractivity contribution in [3.05, 3.63) is 47.3 Å². The Labute approximate surface area is 96.4 Å². The van der Waals surface area contributed by atoms with Gasteiger partial charge >= 0.3 is 0 Å². The van der Waals surface area contributed by atoms with Gasteiger partial charge in [-0.05, 0) is 49.4 Å². The van der Waals surface area contributed by atoms with Crippen LogP contribution in [0, 0.1) is 12.7 Å². The molecule has 0 saturated carbocycles. The van der Waals surface area contributed by atoms with Crippen LogP contribution in [-0.4, -0.2) is 6.04 Å². The Bertz CT molecular complexity index is 384. The lowest BCUT2D eigenvalue weighted by molar-refractivity contribution is 0.473. The lowest BCUT2D eigenvalue weighted by Crippen LogP contribution is -2.29. The van der Waals surface area contributed by atoms with Gasteiger partial charge in [-0.25, -0.2) is 4.39 Å². The Morgan fingerprint density at radius 3 is 3.00 bits per heavy atom. The van der Waals surface area contributed by atoms with Crippen molar-refractivity contribution in [2.75, 3.05) is 0 Å². The smallest absolute Gasteiger partial charge is 0.123 e. The van der Waals surface area contributed by atoms with E-state index in [4.69, 9.17) is 0 Å². The van der Waals surface area contributed by atoms with E-state index in [-0.39, 0.29) is 5.82 Å². The van der Waals surface area contributed by atoms with Crippen molar-refractivity contribution in [3.63, 3.8) is 0 Å². The van der Waals surface area contributed by atoms with E-state index in [2.05, 4.69) is 17.5 Å². The van der Waals surface area contributed by atoms with Crippen molar-refractivity contribution >= 4 is 0 Å². The maximum absolute atomic E-state index is 13.1. The molecule has 0 spiro atoms. The minimum absolute atomic E-state index is 0.147. The molecule has 0 fully saturated rings. The van der Waals surface area contributed by atoms with Crippen LogP contribution in [0.5, 0.6) is 0 Å². The van der Waals surface area contributed by atoms with Gasteiger partial charge in [0.15, 0.2) is 0 Å². The Morgan fingerprint density at radius 1 is 1.38 bits per heavy atom. The van der Waals surface area contributed by atoms with Gasteiger partial charge < -0.3 is 5.32 Å². The second-order valence-corrected chi connectivity index (χ2v) is 4.43. The third-order valence-electron chi connectivity index (χ3n) is 3.16. The predicted molar refractivity (Wildman–Crippen MR) is 64.8 cm³/mol. The summed E-state index contributed by atoms with van der Waals surface area (Å²) in [6, 6.07) is 5.53. The van der Waals surface area contributed by atoms with E-state index in [9.17, 15) is 4.39 Å². The highest BCUT2D eigenvalue weighted by molar-refractivity contribution is 5.26. The quantitative estimate of drug-likeness (QED) is 0.769. The molecule has 1 aromatic rings. The van der Waals surface area contributed by atoms with Crippen LogP contribution < -0.4 is 5.32 Å². The van der Waals surface area contributed by atoms with E-state index < -0.39 is 0 Å². The summed E-state index contributed by atoms with van der Waals surface area (Å²) in [4.78, 5) is 0. The van der Waals surface area contributed by atoms with Gasteiger partial charge in [-0.3, -0.25) is 0 Å². The molecule has 0 amide bonds. The van der Waals surface area contributed by atoms with E-state index in [1.165, 1.54) is 12.5 Å². The lowest BCUT2D eigenvalue weighted by Gasteiger charge is -2.20. The molecule has 0 bridgehead atoms. The van der Waals surface area contributed by atoms with Crippen LogP contribution in [0.15, 0.2) is 30.4 Å². The van der Waals surface area contributed by atoms with Crippen molar-refractivity contribution < 1.29 is 4.39 Å². The maximum Gasteiger partial charge on any atom is 0.123 e. The molecule has 1 aliphatic rings. The van der Waals surface area contributed by atoms with Gasteiger partial charge in [-0.15, -0.1) is 0 Å². The molecule has 1 N–H and O–H groups in total. The molecule has 1 aromatic carbocycles. The van der Waals surface area contributed by atoms with Gasteiger partial charge in [0, 0.05) is 12.6 Å². The fraction of sp³-hybridized carbons (Fsp3) is 0.429. The van der Waals surface area contributed by atoms with Crippen molar-refractivity contribution in [3.8, 4) is 0 Å². The highest BCUT2D eigenvalue weighted by Crippen LogP contribution is 2.14. The van der Waals surface area contributed by atoms with Crippen LogP contribution in [0.25, 0.3) is 0 Å². The zero-order valence-electron chi connectivity index (χ0n) is 9.67. The first-order chi connectivity index (χ1) is 7.75. The van der Waals surface area contributed by atoms with E-state index in [1.807, 2.05) is 13.0 Å². The second kappa shape index (κ2) is 5.26. The van der Waals surface area contributed by atoms with Crippen LogP contribution in [0.1, 0.15) is 30.4 Å². The first kappa shape index (κ1) is 11.3. The molecule has 1 unspecified atom stereocenters. The highest BCUT2D eigenvalue weighted by atomic mass is 19.1. The average Bonchev–Trinajstić information content (AvgIpc) is 2.32. The number of halogens is 1. The molecule has 0 saturated heterocycles. The summed E-state index contributed by atoms with van der Waals surface area (Å²) in [7, 11) is 0. The molecule has 1 nitrogen and oxygen atoms in total. The molecule has 2 rings (SSSR count). The standard InChI is InChI=1S/C14H18FN/c1-11-7-8-13(15)9-12(11)10-16-14-5-3-2-4-6-14/h2-3,7-9,14,16H,4-6,10H2,1H3. The van der Waals surface area contributed by atoms with E-state index in [0.29, 0.717) is 6.04 Å². The topological polar surface area (TPSA) is 12.0 Å². The molecule has 0 aliphatic heterocycles. The van der Waals surface area contributed by atoms with Gasteiger partial charge in [0.25, 0.3) is 0 Å². The highest BCUT2D eigenvalue weighted by Gasteiger charge is 2.09. The molecular formula is C14H18FN. The minimum Gasteiger partial charge on any atom is -0.310 e. The summed E-state index contributed by atoms with van der Waals surface area (Å²) in [5.74, 6) is -0.147. The van der Waals surface area contributed by atoms with Gasteiger partial charge in [-0.1, -0.05) is 18.2 Å². The summed E-state index contributed by atoms with van der Waals surface area (Å²) >= 11 is 0. The fourth-order valence-corrected chi connectivity index (χ4v) is 2.06. The first-order valence-electron chi connectivity index (χ1n) is 5.89. The zero-order valence-corrected chi connectivity index (χ0v) is 9.67. The van der Waals surface area contributed by atoms with Crippen LogP contribution in [-0.2, 0) is 6.54 Å².